The summed E-state index contributed by atoms with van der Waals surface area (Å²) in [5.74, 6) is 0. The average Bonchev–Trinajstić information content (AvgIpc) is 2.15. The quantitative estimate of drug-likeness (QED) is 0.832. The van der Waals surface area contributed by atoms with Crippen molar-refractivity contribution in [2.24, 2.45) is 5.14 Å². The van der Waals surface area contributed by atoms with Gasteiger partial charge in [0.1, 0.15) is 0 Å². The highest BCUT2D eigenvalue weighted by molar-refractivity contribution is 7.89. The molecule has 0 spiro atoms. The molecule has 2 rings (SSSR count). The number of sulfonamides is 1. The van der Waals surface area contributed by atoms with Crippen molar-refractivity contribution in [2.75, 3.05) is 0 Å². The third-order valence-corrected chi connectivity index (χ3v) is 3.31. The Morgan fingerprint density at radius 3 is 2.53 bits per heavy atom. The molecule has 0 saturated heterocycles. The minimum Gasteiger partial charge on any atom is -0.225 e. The van der Waals surface area contributed by atoms with Crippen molar-refractivity contribution < 1.29 is 8.42 Å². The number of rotatable bonds is 1. The first-order valence-corrected chi connectivity index (χ1v) is 6.12. The van der Waals surface area contributed by atoms with Crippen molar-refractivity contribution in [3.63, 3.8) is 0 Å². The van der Waals surface area contributed by atoms with Crippen LogP contribution in [0.3, 0.4) is 0 Å². The maximum atomic E-state index is 11.3. The first-order valence-electron chi connectivity index (χ1n) is 4.19. The highest BCUT2D eigenvalue weighted by Crippen LogP contribution is 2.25. The predicted octanol–water partition coefficient (Wildman–Crippen LogP) is 2.14. The van der Waals surface area contributed by atoms with E-state index < -0.39 is 10.0 Å². The van der Waals surface area contributed by atoms with Crippen LogP contribution in [0.5, 0.6) is 0 Å². The molecule has 15 heavy (non-hydrogen) atoms. The van der Waals surface area contributed by atoms with Crippen LogP contribution in [-0.4, -0.2) is 8.42 Å². The van der Waals surface area contributed by atoms with E-state index in [1.165, 1.54) is 6.07 Å². The Balaban J connectivity index is 2.92. The van der Waals surface area contributed by atoms with Crippen molar-refractivity contribution in [1.82, 2.24) is 0 Å². The van der Waals surface area contributed by atoms with Crippen molar-refractivity contribution in [2.45, 2.75) is 4.90 Å². The molecule has 5 heteroatoms. The summed E-state index contributed by atoms with van der Waals surface area (Å²) in [6.45, 7) is 0. The van der Waals surface area contributed by atoms with Gasteiger partial charge in [-0.1, -0.05) is 29.8 Å². The lowest BCUT2D eigenvalue weighted by atomic mass is 10.1. The largest absolute Gasteiger partial charge is 0.238 e. The zero-order chi connectivity index (χ0) is 11.1. The Bertz CT molecular complexity index is 622. The van der Waals surface area contributed by atoms with Crippen LogP contribution in [0, 0.1) is 0 Å². The molecule has 2 aromatic rings. The maximum absolute atomic E-state index is 11.3. The van der Waals surface area contributed by atoms with E-state index in [0.717, 1.165) is 5.39 Å². The molecular weight excluding hydrogens is 234 g/mol. The summed E-state index contributed by atoms with van der Waals surface area (Å²) in [4.78, 5) is 0.0995. The summed E-state index contributed by atoms with van der Waals surface area (Å²) in [7, 11) is -3.70. The second-order valence-electron chi connectivity index (χ2n) is 3.17. The molecule has 0 fully saturated rings. The van der Waals surface area contributed by atoms with Crippen LogP contribution in [0.1, 0.15) is 0 Å². The minimum atomic E-state index is -3.70. The van der Waals surface area contributed by atoms with Gasteiger partial charge < -0.3 is 0 Å². The van der Waals surface area contributed by atoms with E-state index in [2.05, 4.69) is 0 Å². The highest BCUT2D eigenvalue weighted by atomic mass is 35.5. The number of benzene rings is 2. The summed E-state index contributed by atoms with van der Waals surface area (Å²) in [6.07, 6.45) is 0. The number of hydrogen-bond acceptors (Lipinski definition) is 2. The standard InChI is InChI=1S/C10H8ClNO2S/c11-8-5-4-7-2-1-3-10(9(7)6-8)15(12,13)14/h1-6H,(H2,12,13,14). The summed E-state index contributed by atoms with van der Waals surface area (Å²) in [5.41, 5.74) is 0. The monoisotopic (exact) mass is 241 g/mol. The van der Waals surface area contributed by atoms with E-state index in [4.69, 9.17) is 16.7 Å². The summed E-state index contributed by atoms with van der Waals surface area (Å²) in [5, 5.41) is 6.93. The van der Waals surface area contributed by atoms with E-state index in [9.17, 15) is 8.42 Å². The molecule has 0 aliphatic carbocycles. The molecular formula is C10H8ClNO2S. The van der Waals surface area contributed by atoms with Gasteiger partial charge in [0.15, 0.2) is 0 Å². The van der Waals surface area contributed by atoms with Gasteiger partial charge >= 0.3 is 0 Å². The molecule has 0 amide bonds. The van der Waals surface area contributed by atoms with Gasteiger partial charge in [-0.15, -0.1) is 0 Å². The van der Waals surface area contributed by atoms with Crippen molar-refractivity contribution in [1.29, 1.82) is 0 Å². The number of primary sulfonamides is 1. The number of fused-ring (bicyclic) bond motifs is 1. The Hall–Kier alpha value is -1.10. The van der Waals surface area contributed by atoms with E-state index in [1.807, 2.05) is 0 Å². The van der Waals surface area contributed by atoms with Crippen LogP contribution >= 0.6 is 11.6 Å². The molecule has 2 aromatic carbocycles. The molecule has 0 saturated carbocycles. The van der Waals surface area contributed by atoms with Crippen molar-refractivity contribution >= 4 is 32.4 Å². The molecule has 0 bridgehead atoms. The second kappa shape index (κ2) is 3.48. The zero-order valence-electron chi connectivity index (χ0n) is 7.64. The first-order chi connectivity index (χ1) is 6.98. The van der Waals surface area contributed by atoms with Crippen LogP contribution in [0.4, 0.5) is 0 Å². The molecule has 0 unspecified atom stereocenters. The fourth-order valence-electron chi connectivity index (χ4n) is 1.46. The lowest BCUT2D eigenvalue weighted by Gasteiger charge is -2.04. The third kappa shape index (κ3) is 1.97. The topological polar surface area (TPSA) is 60.2 Å². The van der Waals surface area contributed by atoms with E-state index in [1.54, 1.807) is 30.3 Å². The molecule has 3 nitrogen and oxygen atoms in total. The highest BCUT2D eigenvalue weighted by Gasteiger charge is 2.11. The SMILES string of the molecule is NS(=O)(=O)c1cccc2ccc(Cl)cc12. The predicted molar refractivity (Wildman–Crippen MR) is 60.3 cm³/mol. The molecule has 2 N–H and O–H groups in total. The van der Waals surface area contributed by atoms with Crippen LogP contribution in [0.15, 0.2) is 41.3 Å². The van der Waals surface area contributed by atoms with Gasteiger partial charge in [0.05, 0.1) is 4.90 Å². The summed E-state index contributed by atoms with van der Waals surface area (Å²) >= 11 is 5.81. The van der Waals surface area contributed by atoms with Crippen molar-refractivity contribution in [3.8, 4) is 0 Å². The number of hydrogen-bond donors (Lipinski definition) is 1. The number of halogens is 1. The molecule has 0 atom stereocenters. The van der Waals surface area contributed by atoms with Gasteiger partial charge in [0.25, 0.3) is 0 Å². The maximum Gasteiger partial charge on any atom is 0.238 e. The van der Waals surface area contributed by atoms with Gasteiger partial charge in [-0.3, -0.25) is 0 Å². The average molecular weight is 242 g/mol. The van der Waals surface area contributed by atoms with Crippen LogP contribution in [0.25, 0.3) is 10.8 Å². The summed E-state index contributed by atoms with van der Waals surface area (Å²) < 4.78 is 22.6. The van der Waals surface area contributed by atoms with Crippen molar-refractivity contribution in [3.05, 3.63) is 41.4 Å². The van der Waals surface area contributed by atoms with Gasteiger partial charge in [0.2, 0.25) is 10.0 Å². The van der Waals surface area contributed by atoms with E-state index >= 15 is 0 Å². The third-order valence-electron chi connectivity index (χ3n) is 2.11. The lowest BCUT2D eigenvalue weighted by Crippen LogP contribution is -2.12. The molecule has 0 aromatic heterocycles. The lowest BCUT2D eigenvalue weighted by molar-refractivity contribution is 0.598. The van der Waals surface area contributed by atoms with Gasteiger partial charge in [-0.2, -0.15) is 0 Å². The molecule has 0 aliphatic rings. The molecule has 0 heterocycles. The van der Waals surface area contributed by atoms with Crippen LogP contribution in [-0.2, 0) is 10.0 Å². The Morgan fingerprint density at radius 2 is 1.87 bits per heavy atom. The summed E-state index contributed by atoms with van der Waals surface area (Å²) in [6, 6.07) is 9.98. The van der Waals surface area contributed by atoms with E-state index in [-0.39, 0.29) is 4.90 Å². The van der Waals surface area contributed by atoms with E-state index in [0.29, 0.717) is 10.4 Å². The fourth-order valence-corrected chi connectivity index (χ4v) is 2.39. The number of nitrogens with two attached hydrogens (primary N) is 1. The second-order valence-corrected chi connectivity index (χ2v) is 5.13. The minimum absolute atomic E-state index is 0.0995. The molecule has 78 valence electrons. The van der Waals surface area contributed by atoms with Gasteiger partial charge in [-0.05, 0) is 23.6 Å². The van der Waals surface area contributed by atoms with Gasteiger partial charge in [-0.25, -0.2) is 13.6 Å². The smallest absolute Gasteiger partial charge is 0.225 e. The van der Waals surface area contributed by atoms with Crippen LogP contribution < -0.4 is 5.14 Å². The molecule has 0 radical (unpaired) electrons. The van der Waals surface area contributed by atoms with Gasteiger partial charge in [0, 0.05) is 10.4 Å². The Labute approximate surface area is 92.5 Å². The zero-order valence-corrected chi connectivity index (χ0v) is 9.22. The normalized spacial score (nSPS) is 11.9. The molecule has 0 aliphatic heterocycles. The van der Waals surface area contributed by atoms with Crippen LogP contribution in [0.2, 0.25) is 5.02 Å². The fraction of sp³-hybridized carbons (Fsp3) is 0. The Morgan fingerprint density at radius 1 is 1.13 bits per heavy atom. The first kappa shape index (κ1) is 10.4. The Kier molecular flexibility index (Phi) is 2.42.